The second-order valence-corrected chi connectivity index (χ2v) is 10.8. The van der Waals surface area contributed by atoms with Gasteiger partial charge in [0.15, 0.2) is 0 Å². The lowest BCUT2D eigenvalue weighted by Crippen LogP contribution is -2.57. The van der Waals surface area contributed by atoms with E-state index in [1.807, 2.05) is 0 Å². The fourth-order valence-corrected chi connectivity index (χ4v) is 6.37. The van der Waals surface area contributed by atoms with Gasteiger partial charge in [-0.1, -0.05) is 19.9 Å². The lowest BCUT2D eigenvalue weighted by molar-refractivity contribution is 0.0222. The summed E-state index contributed by atoms with van der Waals surface area (Å²) in [7, 11) is -3.14. The Morgan fingerprint density at radius 1 is 1.26 bits per heavy atom. The lowest BCUT2D eigenvalue weighted by atomic mass is 9.77. The van der Waals surface area contributed by atoms with Crippen LogP contribution in [-0.2, 0) is 16.4 Å². The lowest BCUT2D eigenvalue weighted by Gasteiger charge is -2.51. The van der Waals surface area contributed by atoms with Gasteiger partial charge in [0.05, 0.1) is 12.9 Å². The van der Waals surface area contributed by atoms with Gasteiger partial charge in [-0.15, -0.1) is 0 Å². The van der Waals surface area contributed by atoms with Crippen LogP contribution in [0.2, 0.25) is 0 Å². The molecule has 27 heavy (non-hydrogen) atoms. The van der Waals surface area contributed by atoms with Crippen molar-refractivity contribution in [2.24, 2.45) is 11.8 Å². The summed E-state index contributed by atoms with van der Waals surface area (Å²) in [6.07, 6.45) is 5.47. The van der Waals surface area contributed by atoms with Gasteiger partial charge < -0.3 is 4.74 Å². The summed E-state index contributed by atoms with van der Waals surface area (Å²) >= 11 is 0. The molecule has 0 unspecified atom stereocenters. The Labute approximate surface area is 163 Å². The molecule has 150 valence electrons. The summed E-state index contributed by atoms with van der Waals surface area (Å²) in [5.74, 6) is 1.94. The third kappa shape index (κ3) is 3.89. The van der Waals surface area contributed by atoms with Crippen molar-refractivity contribution < 1.29 is 13.2 Å². The number of hydrogen-bond acceptors (Lipinski definition) is 4. The molecule has 0 N–H and O–H groups in total. The predicted molar refractivity (Wildman–Crippen MR) is 107 cm³/mol. The quantitative estimate of drug-likeness (QED) is 0.790. The third-order valence-corrected chi connectivity index (χ3v) is 7.70. The van der Waals surface area contributed by atoms with E-state index in [9.17, 15) is 8.42 Å². The standard InChI is InChI=1S/C21H32N2O3S/c1-15(2)14-26-18-6-7-19-16(11-18)8-10-22-13-17-5-4-9-23(27(3,24)25)20(17)12-21(19)22/h6-7,11,15,17,20-21H,4-5,8-10,12-14H2,1-3H3/t17-,20+,21+/m1/s1. The van der Waals surface area contributed by atoms with E-state index in [0.29, 0.717) is 24.4 Å². The van der Waals surface area contributed by atoms with Gasteiger partial charge in [-0.3, -0.25) is 4.90 Å². The molecule has 1 aromatic carbocycles. The van der Waals surface area contributed by atoms with Crippen LogP contribution in [0.4, 0.5) is 0 Å². The molecule has 2 saturated heterocycles. The van der Waals surface area contributed by atoms with Gasteiger partial charge in [0.2, 0.25) is 10.0 Å². The average molecular weight is 393 g/mol. The van der Waals surface area contributed by atoms with Crippen molar-refractivity contribution >= 4 is 10.0 Å². The van der Waals surface area contributed by atoms with Crippen LogP contribution in [0.25, 0.3) is 0 Å². The summed E-state index contributed by atoms with van der Waals surface area (Å²) in [5, 5.41) is 0. The van der Waals surface area contributed by atoms with Crippen molar-refractivity contribution in [2.75, 3.05) is 32.5 Å². The van der Waals surface area contributed by atoms with Crippen LogP contribution in [0.1, 0.15) is 50.3 Å². The van der Waals surface area contributed by atoms with E-state index < -0.39 is 10.0 Å². The molecule has 2 fully saturated rings. The zero-order valence-electron chi connectivity index (χ0n) is 16.7. The molecule has 0 spiro atoms. The van der Waals surface area contributed by atoms with Crippen LogP contribution in [0, 0.1) is 11.8 Å². The van der Waals surface area contributed by atoms with Gasteiger partial charge in [0.1, 0.15) is 5.75 Å². The second-order valence-electron chi connectivity index (χ2n) is 8.91. The first-order valence-corrected chi connectivity index (χ1v) is 12.1. The molecule has 4 rings (SSSR count). The zero-order valence-corrected chi connectivity index (χ0v) is 17.5. The summed E-state index contributed by atoms with van der Waals surface area (Å²) in [4.78, 5) is 2.59. The molecule has 1 aromatic rings. The van der Waals surface area contributed by atoms with Gasteiger partial charge in [0.25, 0.3) is 0 Å². The highest BCUT2D eigenvalue weighted by Crippen LogP contribution is 2.44. The van der Waals surface area contributed by atoms with Gasteiger partial charge >= 0.3 is 0 Å². The van der Waals surface area contributed by atoms with Crippen LogP contribution >= 0.6 is 0 Å². The molecule has 6 heteroatoms. The zero-order chi connectivity index (χ0) is 19.2. The Morgan fingerprint density at radius 3 is 2.81 bits per heavy atom. The number of hydrogen-bond donors (Lipinski definition) is 0. The van der Waals surface area contributed by atoms with E-state index in [4.69, 9.17) is 4.74 Å². The van der Waals surface area contributed by atoms with Gasteiger partial charge in [0, 0.05) is 31.7 Å². The van der Waals surface area contributed by atoms with Crippen LogP contribution in [-0.4, -0.2) is 56.2 Å². The molecule has 3 aliphatic rings. The van der Waals surface area contributed by atoms with E-state index >= 15 is 0 Å². The van der Waals surface area contributed by atoms with E-state index in [-0.39, 0.29) is 6.04 Å². The predicted octanol–water partition coefficient (Wildman–Crippen LogP) is 3.06. The molecule has 3 atom stereocenters. The van der Waals surface area contributed by atoms with Crippen molar-refractivity contribution in [3.63, 3.8) is 0 Å². The van der Waals surface area contributed by atoms with Gasteiger partial charge in [-0.05, 0) is 60.8 Å². The first kappa shape index (κ1) is 19.2. The number of sulfonamides is 1. The molecule has 5 nitrogen and oxygen atoms in total. The number of ether oxygens (including phenoxy) is 1. The molecule has 0 bridgehead atoms. The summed E-state index contributed by atoms with van der Waals surface area (Å²) in [6.45, 7) is 7.82. The smallest absolute Gasteiger partial charge is 0.211 e. The molecular weight excluding hydrogens is 360 g/mol. The molecule has 0 radical (unpaired) electrons. The molecule has 0 aliphatic carbocycles. The Bertz CT molecular complexity index is 793. The summed E-state index contributed by atoms with van der Waals surface area (Å²) in [6, 6.07) is 6.99. The Morgan fingerprint density at radius 2 is 2.07 bits per heavy atom. The van der Waals surface area contributed by atoms with Crippen molar-refractivity contribution in [3.8, 4) is 5.75 Å². The topological polar surface area (TPSA) is 49.9 Å². The van der Waals surface area contributed by atoms with Gasteiger partial charge in [-0.25, -0.2) is 8.42 Å². The first-order valence-electron chi connectivity index (χ1n) is 10.3. The largest absolute Gasteiger partial charge is 0.493 e. The number of piperidine rings is 2. The maximum atomic E-state index is 12.3. The Balaban J connectivity index is 1.57. The maximum absolute atomic E-state index is 12.3. The fraction of sp³-hybridized carbons (Fsp3) is 0.714. The van der Waals surface area contributed by atoms with Crippen molar-refractivity contribution in [2.45, 2.75) is 51.6 Å². The highest BCUT2D eigenvalue weighted by Gasteiger charge is 2.44. The third-order valence-electron chi connectivity index (χ3n) is 6.39. The van der Waals surface area contributed by atoms with Crippen molar-refractivity contribution in [1.29, 1.82) is 0 Å². The molecule has 3 heterocycles. The van der Waals surface area contributed by atoms with Crippen molar-refractivity contribution in [1.82, 2.24) is 9.21 Å². The highest BCUT2D eigenvalue weighted by molar-refractivity contribution is 7.88. The molecule has 0 aromatic heterocycles. The SMILES string of the molecule is CC(C)COc1ccc2c(c1)CCN1C[C@H]3CCCN(S(C)(=O)=O)[C@H]3C[C@@H]21. The highest BCUT2D eigenvalue weighted by atomic mass is 32.2. The normalized spacial score (nSPS) is 29.1. The summed E-state index contributed by atoms with van der Waals surface area (Å²) < 4.78 is 32.3. The monoisotopic (exact) mass is 392 g/mol. The van der Waals surface area contributed by atoms with Crippen LogP contribution in [0.5, 0.6) is 5.75 Å². The van der Waals surface area contributed by atoms with Crippen molar-refractivity contribution in [3.05, 3.63) is 29.3 Å². The van der Waals surface area contributed by atoms with Gasteiger partial charge in [-0.2, -0.15) is 4.31 Å². The molecule has 0 amide bonds. The van der Waals surface area contributed by atoms with E-state index in [1.54, 1.807) is 4.31 Å². The van der Waals surface area contributed by atoms with Crippen LogP contribution in [0.3, 0.4) is 0 Å². The first-order chi connectivity index (χ1) is 12.8. The summed E-state index contributed by atoms with van der Waals surface area (Å²) in [5.41, 5.74) is 2.74. The van der Waals surface area contributed by atoms with Crippen LogP contribution < -0.4 is 4.74 Å². The number of benzene rings is 1. The minimum Gasteiger partial charge on any atom is -0.493 e. The van der Waals surface area contributed by atoms with E-state index in [2.05, 4.69) is 36.9 Å². The molecular formula is C21H32N2O3S. The Kier molecular flexibility index (Phi) is 5.25. The Hall–Kier alpha value is -1.11. The molecule has 0 saturated carbocycles. The second kappa shape index (κ2) is 7.37. The minimum atomic E-state index is -3.14. The fourth-order valence-electron chi connectivity index (χ4n) is 5.15. The van der Waals surface area contributed by atoms with E-state index in [0.717, 1.165) is 51.1 Å². The average Bonchev–Trinajstić information content (AvgIpc) is 2.63. The minimum absolute atomic E-state index is 0.151. The number of nitrogens with zero attached hydrogens (tertiary/aromatic N) is 2. The molecule has 3 aliphatic heterocycles. The number of rotatable bonds is 4. The van der Waals surface area contributed by atoms with Crippen LogP contribution in [0.15, 0.2) is 18.2 Å². The maximum Gasteiger partial charge on any atom is 0.211 e. The van der Waals surface area contributed by atoms with E-state index in [1.165, 1.54) is 17.4 Å². The number of fused-ring (bicyclic) bond motifs is 4.